The van der Waals surface area contributed by atoms with Gasteiger partial charge in [-0.25, -0.2) is 0 Å². The predicted molar refractivity (Wildman–Crippen MR) is 22.2 cm³/mol. The summed E-state index contributed by atoms with van der Waals surface area (Å²) in [5, 5.41) is 0. The number of hydrogen-bond donors (Lipinski definition) is 0. The van der Waals surface area contributed by atoms with E-state index in [9.17, 15) is 4.57 Å². The van der Waals surface area contributed by atoms with Gasteiger partial charge < -0.3 is 4.74 Å². The van der Waals surface area contributed by atoms with Crippen LogP contribution in [0.4, 0.5) is 0 Å². The zero-order valence-electron chi connectivity index (χ0n) is 3.26. The molecule has 1 rings (SSSR count). The maximum absolute atomic E-state index is 9.67. The molecule has 1 saturated heterocycles. The molecule has 0 bridgehead atoms. The highest BCUT2D eigenvalue weighted by Gasteiger charge is 2.21. The van der Waals surface area contributed by atoms with Crippen molar-refractivity contribution in [3.8, 4) is 0 Å². The Balaban J connectivity index is 2.00. The lowest BCUT2D eigenvalue weighted by atomic mass is 10.6. The molecular weight excluding hydrogens is 99.0 g/mol. The van der Waals surface area contributed by atoms with Crippen LogP contribution in [0.3, 0.4) is 0 Å². The number of ether oxygens (including phenoxy) is 1. The Labute approximate surface area is 37.7 Å². The van der Waals surface area contributed by atoms with Crippen LogP contribution < -0.4 is 0 Å². The molecule has 0 aliphatic carbocycles. The highest BCUT2D eigenvalue weighted by atomic mass is 31.1. The van der Waals surface area contributed by atoms with Gasteiger partial charge in [-0.1, -0.05) is 0 Å². The lowest BCUT2D eigenvalue weighted by Crippen LogP contribution is -1.80. The average molecular weight is 104 g/mol. The first-order valence-corrected chi connectivity index (χ1v) is 2.84. The summed E-state index contributed by atoms with van der Waals surface area (Å²) < 4.78 is 14.4. The number of rotatable bonds is 2. The van der Waals surface area contributed by atoms with Crippen molar-refractivity contribution < 1.29 is 9.30 Å². The molecule has 1 heterocycles. The molecule has 1 aliphatic rings. The van der Waals surface area contributed by atoms with Crippen molar-refractivity contribution in [2.24, 2.45) is 0 Å². The Morgan fingerprint density at radius 1 is 2.00 bits per heavy atom. The van der Waals surface area contributed by atoms with E-state index in [1.54, 1.807) is 0 Å². The first kappa shape index (κ1) is 4.23. The monoisotopic (exact) mass is 104 g/mol. The summed E-state index contributed by atoms with van der Waals surface area (Å²) >= 11 is 0. The Morgan fingerprint density at radius 3 is 2.83 bits per heavy atom. The highest BCUT2D eigenvalue weighted by molar-refractivity contribution is 7.23. The van der Waals surface area contributed by atoms with Gasteiger partial charge in [-0.15, -0.1) is 0 Å². The van der Waals surface area contributed by atoms with E-state index in [0.29, 0.717) is 12.3 Å². The first-order chi connectivity index (χ1) is 2.93. The molecule has 0 radical (unpaired) electrons. The van der Waals surface area contributed by atoms with Gasteiger partial charge in [-0.2, -0.15) is 0 Å². The fourth-order valence-corrected chi connectivity index (χ4v) is 0.634. The molecule has 1 unspecified atom stereocenters. The van der Waals surface area contributed by atoms with E-state index >= 15 is 0 Å². The Bertz CT molecular complexity index is 59.8. The molecule has 1 atom stereocenters. The van der Waals surface area contributed by atoms with Crippen molar-refractivity contribution in [3.63, 3.8) is 0 Å². The fraction of sp³-hybridized carbons (Fsp3) is 1.00. The largest absolute Gasteiger partial charge is 0.372 e. The van der Waals surface area contributed by atoms with Crippen LogP contribution in [0.5, 0.6) is 0 Å². The van der Waals surface area contributed by atoms with Crippen molar-refractivity contribution >= 4 is 8.46 Å². The zero-order valence-corrected chi connectivity index (χ0v) is 4.15. The predicted octanol–water partition coefficient (Wildman–Crippen LogP) is 0.677. The third kappa shape index (κ3) is 1.04. The molecule has 0 spiro atoms. The van der Waals surface area contributed by atoms with E-state index in [-0.39, 0.29) is 8.46 Å². The second kappa shape index (κ2) is 1.67. The van der Waals surface area contributed by atoms with Crippen LogP contribution in [-0.4, -0.2) is 18.9 Å². The van der Waals surface area contributed by atoms with Gasteiger partial charge in [0, 0.05) is 0 Å². The molecule has 0 aromatic heterocycles. The molecule has 6 heavy (non-hydrogen) atoms. The molecule has 0 saturated carbocycles. The second-order valence-electron chi connectivity index (χ2n) is 1.27. The lowest BCUT2D eigenvalue weighted by Gasteiger charge is -1.68. The van der Waals surface area contributed by atoms with Gasteiger partial charge in [-0.05, 0) is 0 Å². The lowest BCUT2D eigenvalue weighted by molar-refractivity contribution is 0.424. The molecule has 1 aliphatic heterocycles. The molecule has 0 N–H and O–H groups in total. The van der Waals surface area contributed by atoms with Gasteiger partial charge in [0.15, 0.2) is 8.46 Å². The van der Waals surface area contributed by atoms with Crippen molar-refractivity contribution in [1.82, 2.24) is 0 Å². The summed E-state index contributed by atoms with van der Waals surface area (Å²) in [6.07, 6.45) is 1.00. The average Bonchev–Trinajstić information content (AvgIpc) is 2.21. The van der Waals surface area contributed by atoms with Crippen molar-refractivity contribution in [2.45, 2.75) is 6.10 Å². The molecule has 34 valence electrons. The van der Waals surface area contributed by atoms with Crippen LogP contribution in [0.15, 0.2) is 0 Å². The van der Waals surface area contributed by atoms with E-state index in [0.717, 1.165) is 6.61 Å². The van der Waals surface area contributed by atoms with Crippen LogP contribution in [-0.2, 0) is 9.30 Å². The van der Waals surface area contributed by atoms with Crippen LogP contribution in [0.2, 0.25) is 0 Å². The smallest absolute Gasteiger partial charge is 0.158 e. The molecule has 0 aromatic rings. The Morgan fingerprint density at radius 2 is 2.67 bits per heavy atom. The third-order valence-electron chi connectivity index (χ3n) is 0.681. The van der Waals surface area contributed by atoms with Gasteiger partial charge in [-0.3, -0.25) is 4.57 Å². The first-order valence-electron chi connectivity index (χ1n) is 1.84. The van der Waals surface area contributed by atoms with Gasteiger partial charge in [0.2, 0.25) is 0 Å². The normalized spacial score (nSPS) is 31.0. The molecular formula is C3H5O2P. The minimum Gasteiger partial charge on any atom is -0.372 e. The third-order valence-corrected chi connectivity index (χ3v) is 1.24. The van der Waals surface area contributed by atoms with E-state index in [2.05, 4.69) is 0 Å². The Hall–Kier alpha value is 0.0600. The van der Waals surface area contributed by atoms with Crippen LogP contribution in [0.25, 0.3) is 0 Å². The van der Waals surface area contributed by atoms with Crippen LogP contribution >= 0.6 is 8.46 Å². The number of epoxide rings is 1. The molecule has 1 fully saturated rings. The summed E-state index contributed by atoms with van der Waals surface area (Å²) in [5.41, 5.74) is 0. The summed E-state index contributed by atoms with van der Waals surface area (Å²) in [6, 6.07) is 0. The SMILES string of the molecule is O=PCC1CO1. The summed E-state index contributed by atoms with van der Waals surface area (Å²) in [6.45, 7) is 0.815. The number of hydrogen-bond acceptors (Lipinski definition) is 2. The maximum atomic E-state index is 9.67. The van der Waals surface area contributed by atoms with Gasteiger partial charge >= 0.3 is 0 Å². The fourth-order valence-electron chi connectivity index (χ4n) is 0.257. The van der Waals surface area contributed by atoms with Gasteiger partial charge in [0.1, 0.15) is 0 Å². The zero-order chi connectivity index (χ0) is 4.41. The minimum atomic E-state index is 0.211. The van der Waals surface area contributed by atoms with Gasteiger partial charge in [0.05, 0.1) is 18.9 Å². The molecule has 0 aromatic carbocycles. The van der Waals surface area contributed by atoms with Crippen molar-refractivity contribution in [2.75, 3.05) is 12.8 Å². The topological polar surface area (TPSA) is 29.6 Å². The van der Waals surface area contributed by atoms with Crippen molar-refractivity contribution in [3.05, 3.63) is 0 Å². The Kier molecular flexibility index (Phi) is 1.18. The molecule has 2 nitrogen and oxygen atoms in total. The second-order valence-corrected chi connectivity index (χ2v) is 1.89. The van der Waals surface area contributed by atoms with Gasteiger partial charge in [0.25, 0.3) is 0 Å². The summed E-state index contributed by atoms with van der Waals surface area (Å²) in [4.78, 5) is 0. The van der Waals surface area contributed by atoms with E-state index < -0.39 is 0 Å². The summed E-state index contributed by atoms with van der Waals surface area (Å²) in [5.74, 6) is 0. The maximum Gasteiger partial charge on any atom is 0.158 e. The standard InChI is InChI=1S/C3H5O2P/c4-6-2-3-1-5-3/h3H,1-2H2. The quantitative estimate of drug-likeness (QED) is 0.380. The molecule has 0 amide bonds. The minimum absolute atomic E-state index is 0.211. The van der Waals surface area contributed by atoms with Crippen LogP contribution in [0, 0.1) is 0 Å². The summed E-state index contributed by atoms with van der Waals surface area (Å²) in [7, 11) is 0.211. The van der Waals surface area contributed by atoms with E-state index in [1.807, 2.05) is 0 Å². The molecule has 3 heteroatoms. The van der Waals surface area contributed by atoms with E-state index in [4.69, 9.17) is 4.74 Å². The highest BCUT2D eigenvalue weighted by Crippen LogP contribution is 2.12. The van der Waals surface area contributed by atoms with Crippen molar-refractivity contribution in [1.29, 1.82) is 0 Å². The van der Waals surface area contributed by atoms with Crippen LogP contribution in [0.1, 0.15) is 0 Å². The van der Waals surface area contributed by atoms with E-state index in [1.165, 1.54) is 0 Å².